The number of nitrogens with one attached hydrogen (secondary N) is 1. The molecule has 1 N–H and O–H groups in total. The molecule has 4 heterocycles. The van der Waals surface area contributed by atoms with Crippen LogP contribution in [0, 0.1) is 6.92 Å². The Morgan fingerprint density at radius 3 is 2.52 bits per heavy atom. The van der Waals surface area contributed by atoms with E-state index in [1.54, 1.807) is 6.07 Å². The van der Waals surface area contributed by atoms with Crippen molar-refractivity contribution in [2.75, 3.05) is 49.5 Å². The average molecular weight is 561 g/mol. The van der Waals surface area contributed by atoms with Crippen molar-refractivity contribution in [1.29, 1.82) is 0 Å². The number of anilines is 2. The third-order valence-electron chi connectivity index (χ3n) is 8.29. The molecule has 8 nitrogen and oxygen atoms in total. The molecule has 3 aliphatic rings. The van der Waals surface area contributed by atoms with Crippen molar-refractivity contribution in [1.82, 2.24) is 19.8 Å². The largest absolute Gasteiger partial charge is 0.457 e. The number of likely N-dealkylation sites (tertiary alicyclic amines) is 2. The minimum Gasteiger partial charge on any atom is -0.457 e. The Balaban J connectivity index is 1.11. The second kappa shape index (κ2) is 12.0. The van der Waals surface area contributed by atoms with Crippen molar-refractivity contribution in [3.8, 4) is 11.5 Å². The van der Waals surface area contributed by atoms with Gasteiger partial charge < -0.3 is 24.8 Å². The number of hydrogen-bond donors (Lipinski definition) is 1. The van der Waals surface area contributed by atoms with E-state index in [0.717, 1.165) is 61.7 Å². The second-order valence-corrected chi connectivity index (χ2v) is 11.5. The Hall–Kier alpha value is -3.36. The molecule has 40 heavy (non-hydrogen) atoms. The van der Waals surface area contributed by atoms with Crippen LogP contribution in [0.1, 0.15) is 49.5 Å². The van der Waals surface area contributed by atoms with Gasteiger partial charge in [0.15, 0.2) is 0 Å². The number of aromatic nitrogens is 2. The SMILES string of the molecule is Cc1ncc2c(n1)N(CC(=O)N1CCC(N3CCCC3)CC1)CCC2Nc1cccc(Oc2cccc(Cl)c2)c1. The van der Waals surface area contributed by atoms with Crippen LogP contribution in [0.3, 0.4) is 0 Å². The van der Waals surface area contributed by atoms with Crippen molar-refractivity contribution in [2.24, 2.45) is 0 Å². The van der Waals surface area contributed by atoms with Crippen LogP contribution in [0.4, 0.5) is 11.5 Å². The van der Waals surface area contributed by atoms with E-state index in [1.807, 2.05) is 55.6 Å². The maximum absolute atomic E-state index is 13.4. The number of aryl methyl sites for hydroxylation is 1. The number of nitrogens with zero attached hydrogens (tertiary/aromatic N) is 5. The van der Waals surface area contributed by atoms with Gasteiger partial charge in [0.25, 0.3) is 0 Å². The van der Waals surface area contributed by atoms with E-state index in [1.165, 1.54) is 25.9 Å². The van der Waals surface area contributed by atoms with E-state index in [4.69, 9.17) is 21.3 Å². The van der Waals surface area contributed by atoms with Gasteiger partial charge in [-0.1, -0.05) is 23.7 Å². The van der Waals surface area contributed by atoms with Gasteiger partial charge in [-0.3, -0.25) is 4.79 Å². The Bertz CT molecular complexity index is 1340. The molecule has 2 aromatic carbocycles. The number of hydrogen-bond acceptors (Lipinski definition) is 7. The van der Waals surface area contributed by atoms with Crippen LogP contribution in [-0.4, -0.2) is 71.0 Å². The van der Waals surface area contributed by atoms with Crippen LogP contribution >= 0.6 is 11.6 Å². The highest BCUT2D eigenvalue weighted by atomic mass is 35.5. The first kappa shape index (κ1) is 26.8. The lowest BCUT2D eigenvalue weighted by molar-refractivity contribution is -0.131. The van der Waals surface area contributed by atoms with Crippen LogP contribution in [0.25, 0.3) is 0 Å². The standard InChI is InChI=1S/C31H37ClN6O2/c1-22-33-20-28-29(35-24-7-5-9-27(19-24)40-26-8-4-6-23(32)18-26)12-17-38(31(28)34-22)21-30(39)37-15-10-25(11-16-37)36-13-2-3-14-36/h4-9,18-20,25,29,35H,2-3,10-17,21H2,1H3. The predicted molar refractivity (Wildman–Crippen MR) is 158 cm³/mol. The minimum atomic E-state index is 0.0274. The van der Waals surface area contributed by atoms with Gasteiger partial charge in [-0.15, -0.1) is 0 Å². The van der Waals surface area contributed by atoms with E-state index in [2.05, 4.69) is 25.0 Å². The van der Waals surface area contributed by atoms with Gasteiger partial charge in [0.05, 0.1) is 12.6 Å². The van der Waals surface area contributed by atoms with Gasteiger partial charge in [-0.25, -0.2) is 9.97 Å². The number of ether oxygens (including phenoxy) is 1. The summed E-state index contributed by atoms with van der Waals surface area (Å²) in [5, 5.41) is 4.28. The Kier molecular flexibility index (Phi) is 8.07. The molecule has 9 heteroatoms. The molecule has 6 rings (SSSR count). The average Bonchev–Trinajstić information content (AvgIpc) is 3.50. The maximum atomic E-state index is 13.4. The van der Waals surface area contributed by atoms with Crippen LogP contribution in [-0.2, 0) is 4.79 Å². The number of fused-ring (bicyclic) bond motifs is 1. The highest BCUT2D eigenvalue weighted by Crippen LogP contribution is 2.35. The van der Waals surface area contributed by atoms with Crippen LogP contribution < -0.4 is 15.0 Å². The molecule has 1 aromatic heterocycles. The first-order chi connectivity index (χ1) is 19.5. The summed E-state index contributed by atoms with van der Waals surface area (Å²) in [4.78, 5) is 29.5. The normalized spacial score (nSPS) is 19.9. The van der Waals surface area contributed by atoms with Crippen molar-refractivity contribution in [2.45, 2.75) is 51.1 Å². The first-order valence-corrected chi connectivity index (χ1v) is 14.8. The number of carbonyl (C=O) groups excluding carboxylic acids is 1. The molecule has 0 saturated carbocycles. The first-order valence-electron chi connectivity index (χ1n) is 14.4. The fourth-order valence-electron chi connectivity index (χ4n) is 6.18. The summed E-state index contributed by atoms with van der Waals surface area (Å²) in [6.07, 6.45) is 7.52. The van der Waals surface area contributed by atoms with Gasteiger partial charge in [0.2, 0.25) is 5.91 Å². The van der Waals surface area contributed by atoms with E-state index in [9.17, 15) is 4.79 Å². The monoisotopic (exact) mass is 560 g/mol. The molecule has 1 unspecified atom stereocenters. The Morgan fingerprint density at radius 2 is 1.75 bits per heavy atom. The van der Waals surface area contributed by atoms with Crippen LogP contribution in [0.5, 0.6) is 11.5 Å². The van der Waals surface area contributed by atoms with Crippen LogP contribution in [0.15, 0.2) is 54.7 Å². The second-order valence-electron chi connectivity index (χ2n) is 11.0. The number of rotatable bonds is 7. The molecular formula is C31H37ClN6O2. The molecule has 0 aliphatic carbocycles. The van der Waals surface area contributed by atoms with E-state index >= 15 is 0 Å². The summed E-state index contributed by atoms with van der Waals surface area (Å²) in [6.45, 7) is 7.14. The molecule has 2 saturated heterocycles. The summed E-state index contributed by atoms with van der Waals surface area (Å²) in [5.74, 6) is 3.17. The lowest BCUT2D eigenvalue weighted by atomic mass is 10.00. The zero-order chi connectivity index (χ0) is 27.5. The summed E-state index contributed by atoms with van der Waals surface area (Å²) in [6, 6.07) is 15.9. The zero-order valence-electron chi connectivity index (χ0n) is 23.1. The summed E-state index contributed by atoms with van der Waals surface area (Å²) in [7, 11) is 0. The molecule has 0 radical (unpaired) electrons. The molecule has 1 amide bonds. The van der Waals surface area contributed by atoms with Gasteiger partial charge in [-0.05, 0) is 82.4 Å². The number of amides is 1. The van der Waals surface area contributed by atoms with Crippen molar-refractivity contribution in [3.63, 3.8) is 0 Å². The minimum absolute atomic E-state index is 0.0274. The Morgan fingerprint density at radius 1 is 1.00 bits per heavy atom. The lowest BCUT2D eigenvalue weighted by Crippen LogP contribution is -2.49. The topological polar surface area (TPSA) is 73.8 Å². The van der Waals surface area contributed by atoms with Crippen LogP contribution in [0.2, 0.25) is 5.02 Å². The van der Waals surface area contributed by atoms with Gasteiger partial charge >= 0.3 is 0 Å². The maximum Gasteiger partial charge on any atom is 0.242 e. The molecule has 210 valence electrons. The van der Waals surface area contributed by atoms with E-state index < -0.39 is 0 Å². The predicted octanol–water partition coefficient (Wildman–Crippen LogP) is 5.68. The molecule has 3 aliphatic heterocycles. The number of carbonyl (C=O) groups is 1. The van der Waals surface area contributed by atoms with Gasteiger partial charge in [0, 0.05) is 54.2 Å². The molecule has 0 bridgehead atoms. The summed E-state index contributed by atoms with van der Waals surface area (Å²) in [5.41, 5.74) is 1.96. The summed E-state index contributed by atoms with van der Waals surface area (Å²) < 4.78 is 6.03. The molecule has 2 fully saturated rings. The lowest BCUT2D eigenvalue weighted by Gasteiger charge is -2.39. The highest BCUT2D eigenvalue weighted by Gasteiger charge is 2.32. The Labute approximate surface area is 241 Å². The fraction of sp³-hybridized carbons (Fsp3) is 0.452. The van der Waals surface area contributed by atoms with Gasteiger partial charge in [-0.2, -0.15) is 0 Å². The smallest absolute Gasteiger partial charge is 0.242 e. The van der Waals surface area contributed by atoms with Gasteiger partial charge in [0.1, 0.15) is 23.1 Å². The zero-order valence-corrected chi connectivity index (χ0v) is 23.8. The third kappa shape index (κ3) is 6.18. The quantitative estimate of drug-likeness (QED) is 0.398. The molecule has 3 aromatic rings. The van der Waals surface area contributed by atoms with E-state index in [-0.39, 0.29) is 11.9 Å². The fourth-order valence-corrected chi connectivity index (χ4v) is 6.36. The molecule has 1 atom stereocenters. The number of benzene rings is 2. The van der Waals surface area contributed by atoms with Crippen molar-refractivity contribution in [3.05, 3.63) is 71.1 Å². The summed E-state index contributed by atoms with van der Waals surface area (Å²) >= 11 is 6.11. The molecule has 0 spiro atoms. The molecular weight excluding hydrogens is 524 g/mol. The van der Waals surface area contributed by atoms with Crippen molar-refractivity contribution < 1.29 is 9.53 Å². The third-order valence-corrected chi connectivity index (χ3v) is 8.52. The highest BCUT2D eigenvalue weighted by molar-refractivity contribution is 6.30. The number of piperidine rings is 1. The number of halogens is 1. The van der Waals surface area contributed by atoms with Crippen molar-refractivity contribution >= 4 is 29.0 Å². The van der Waals surface area contributed by atoms with E-state index in [0.29, 0.717) is 29.2 Å².